The van der Waals surface area contributed by atoms with Crippen molar-refractivity contribution in [2.75, 3.05) is 26.7 Å². The number of nitrogens with two attached hydrogens (primary N) is 1. The maximum Gasteiger partial charge on any atom is 0.388 e. The van der Waals surface area contributed by atoms with E-state index < -0.39 is 65.4 Å². The molecule has 2 heterocycles. The number of rotatable bonds is 10. The molecule has 4 amide bonds. The van der Waals surface area contributed by atoms with Crippen LogP contribution in [0.25, 0.3) is 0 Å². The number of nitrogens with one attached hydrogen (secondary N) is 4. The number of likely N-dealkylation sites (N-methyl/N-ethyl adjacent to an activating group) is 1. The maximum absolute atomic E-state index is 12.1. The molecule has 0 spiro atoms. The molecule has 2 aliphatic heterocycles. The van der Waals surface area contributed by atoms with Gasteiger partial charge in [0.25, 0.3) is 5.91 Å². The number of carbonyl (C=O) groups excluding carboxylic acids is 6. The molecule has 52 heavy (non-hydrogen) atoms. The first-order valence-electron chi connectivity index (χ1n) is 18.1. The highest BCUT2D eigenvalue weighted by Crippen LogP contribution is 2.18. The molecule has 6 N–H and O–H groups in total. The summed E-state index contributed by atoms with van der Waals surface area (Å²) < 4.78 is 37.5. The highest BCUT2D eigenvalue weighted by molar-refractivity contribution is 6.37. The molecular formula is C36H71F3N6O7. The van der Waals surface area contributed by atoms with Gasteiger partial charge in [-0.3, -0.25) is 19.3 Å². The fraction of sp³-hybridized carbons (Fsp3) is 0.833. The fourth-order valence-corrected chi connectivity index (χ4v) is 3.67. The maximum atomic E-state index is 12.1. The second-order valence-corrected chi connectivity index (χ2v) is 14.1. The average Bonchev–Trinajstić information content (AvgIpc) is 3.86. The highest BCUT2D eigenvalue weighted by Gasteiger charge is 2.33. The Morgan fingerprint density at radius 3 is 1.67 bits per heavy atom. The third-order valence-electron chi connectivity index (χ3n) is 6.52. The summed E-state index contributed by atoms with van der Waals surface area (Å²) in [6, 6.07) is -3.01. The Balaban J connectivity index is -0.000000331. The van der Waals surface area contributed by atoms with Crippen LogP contribution in [0, 0.1) is 11.3 Å². The van der Waals surface area contributed by atoms with Crippen molar-refractivity contribution in [3.05, 3.63) is 0 Å². The number of Topliss-reactive ketones (excluding diaryl/α,β-unsaturated/α-hetero) is 1. The lowest BCUT2D eigenvalue weighted by Crippen LogP contribution is -2.52. The van der Waals surface area contributed by atoms with Gasteiger partial charge in [0.15, 0.2) is 0 Å². The molecule has 4 atom stereocenters. The van der Waals surface area contributed by atoms with E-state index in [0.29, 0.717) is 12.7 Å². The van der Waals surface area contributed by atoms with Gasteiger partial charge in [0.1, 0.15) is 17.9 Å². The van der Waals surface area contributed by atoms with E-state index in [1.807, 2.05) is 74.3 Å². The van der Waals surface area contributed by atoms with Crippen LogP contribution in [0.4, 0.5) is 18.0 Å². The van der Waals surface area contributed by atoms with Gasteiger partial charge in [0.05, 0.1) is 18.1 Å². The average molecular weight is 757 g/mol. The molecule has 2 rings (SSSR count). The topological polar surface area (TPSA) is 199 Å². The van der Waals surface area contributed by atoms with E-state index in [1.165, 1.54) is 20.0 Å². The summed E-state index contributed by atoms with van der Waals surface area (Å²) in [4.78, 5) is 71.2. The molecule has 0 bridgehead atoms. The highest BCUT2D eigenvalue weighted by atomic mass is 19.4. The normalized spacial score (nSPS) is 16.6. The van der Waals surface area contributed by atoms with Crippen LogP contribution in [-0.4, -0.2) is 103 Å². The molecule has 16 heteroatoms. The number of primary amides is 1. The second-order valence-electron chi connectivity index (χ2n) is 14.1. The SMILES string of the molecule is C1CN1.CC.CC.CC(C)CC(NC(=O)[C@@H]1CCCN1C)C(=O)C(N)=O.CC(NC(=O)NC(C=O)C(C)(C)C)C(=O)OC(C)(C)C.CCC(F)(F)F. The van der Waals surface area contributed by atoms with E-state index >= 15 is 0 Å². The monoisotopic (exact) mass is 757 g/mol. The largest absolute Gasteiger partial charge is 0.458 e. The summed E-state index contributed by atoms with van der Waals surface area (Å²) in [6.07, 6.45) is -1.84. The lowest BCUT2D eigenvalue weighted by molar-refractivity contribution is -0.156. The molecule has 0 aromatic carbocycles. The molecular weight excluding hydrogens is 685 g/mol. The molecule has 0 aromatic rings. The number of likely N-dealkylation sites (tertiary alicyclic amines) is 1. The van der Waals surface area contributed by atoms with Gasteiger partial charge in [-0.15, -0.1) is 0 Å². The summed E-state index contributed by atoms with van der Waals surface area (Å²) in [5, 5.41) is 10.7. The summed E-state index contributed by atoms with van der Waals surface area (Å²) in [5.41, 5.74) is 4.01. The minimum Gasteiger partial charge on any atom is -0.458 e. The van der Waals surface area contributed by atoms with Crippen molar-refractivity contribution in [3.8, 4) is 0 Å². The van der Waals surface area contributed by atoms with Crippen molar-refractivity contribution in [1.82, 2.24) is 26.2 Å². The molecule has 0 aromatic heterocycles. The van der Waals surface area contributed by atoms with Crippen molar-refractivity contribution in [2.24, 2.45) is 17.1 Å². The quantitative estimate of drug-likeness (QED) is 0.0891. The van der Waals surface area contributed by atoms with E-state index in [0.717, 1.165) is 26.3 Å². The van der Waals surface area contributed by atoms with Gasteiger partial charge in [-0.1, -0.05) is 69.2 Å². The summed E-state index contributed by atoms with van der Waals surface area (Å²) in [7, 11) is 1.88. The molecule has 0 radical (unpaired) electrons. The predicted octanol–water partition coefficient (Wildman–Crippen LogP) is 4.90. The number of amides is 4. The van der Waals surface area contributed by atoms with E-state index in [9.17, 15) is 41.9 Å². The van der Waals surface area contributed by atoms with Gasteiger partial charge >= 0.3 is 18.2 Å². The zero-order chi connectivity index (χ0) is 42.0. The molecule has 0 aliphatic carbocycles. The number of alkyl halides is 3. The van der Waals surface area contributed by atoms with Crippen LogP contribution in [0.5, 0.6) is 0 Å². The molecule has 2 fully saturated rings. The number of esters is 1. The van der Waals surface area contributed by atoms with E-state index in [2.05, 4.69) is 21.3 Å². The van der Waals surface area contributed by atoms with E-state index in [-0.39, 0.29) is 17.9 Å². The summed E-state index contributed by atoms with van der Waals surface area (Å²) >= 11 is 0. The van der Waals surface area contributed by atoms with Crippen LogP contribution < -0.4 is 27.0 Å². The van der Waals surface area contributed by atoms with Crippen molar-refractivity contribution >= 4 is 35.9 Å². The Labute approximate surface area is 310 Å². The fourth-order valence-electron chi connectivity index (χ4n) is 3.67. The number of hydrogen-bond acceptors (Lipinski definition) is 9. The number of ether oxygens (including phenoxy) is 1. The third kappa shape index (κ3) is 31.5. The second kappa shape index (κ2) is 28.3. The van der Waals surface area contributed by atoms with Crippen LogP contribution in [-0.2, 0) is 28.7 Å². The van der Waals surface area contributed by atoms with Gasteiger partial charge in [0.2, 0.25) is 11.7 Å². The smallest absolute Gasteiger partial charge is 0.388 e. The van der Waals surface area contributed by atoms with E-state index in [1.54, 1.807) is 20.8 Å². The molecule has 308 valence electrons. The van der Waals surface area contributed by atoms with Crippen LogP contribution >= 0.6 is 0 Å². The molecule has 2 saturated heterocycles. The number of halogens is 3. The Hall–Kier alpha value is -3.27. The number of carbonyl (C=O) groups is 6. The van der Waals surface area contributed by atoms with Gasteiger partial charge in [0, 0.05) is 19.5 Å². The lowest BCUT2D eigenvalue weighted by atomic mass is 9.88. The molecule has 3 unspecified atom stereocenters. The van der Waals surface area contributed by atoms with E-state index in [4.69, 9.17) is 10.5 Å². The van der Waals surface area contributed by atoms with Gasteiger partial charge < -0.3 is 36.5 Å². The van der Waals surface area contributed by atoms with Crippen LogP contribution in [0.2, 0.25) is 0 Å². The van der Waals surface area contributed by atoms with Gasteiger partial charge in [-0.2, -0.15) is 13.2 Å². The van der Waals surface area contributed by atoms with Crippen molar-refractivity contribution < 1.29 is 46.7 Å². The minimum atomic E-state index is -3.96. The summed E-state index contributed by atoms with van der Waals surface area (Å²) in [5.74, 6) is -2.24. The number of hydrogen-bond donors (Lipinski definition) is 5. The van der Waals surface area contributed by atoms with Crippen molar-refractivity contribution in [1.29, 1.82) is 0 Å². The van der Waals surface area contributed by atoms with Crippen LogP contribution in [0.1, 0.15) is 123 Å². The zero-order valence-electron chi connectivity index (χ0n) is 34.4. The standard InChI is InChI=1S/C14H26N2O4.C13H23N3O3.C3H5F3.C2H5N.2C2H6/c1-9(11(18)20-14(5,6)7)15-12(19)16-10(8-17)13(2,3)4;1-8(2)7-9(11(17)12(14)18)15-13(19)10-5-4-6-16(10)3;1-2-3(4,5)6;1-2-3-1;2*1-2/h8-10H,1-7H3,(H2,15,16,19);8-10H,4-7H2,1-3H3,(H2,14,18)(H,15,19);2H2,1H3;3H,1-2H2;2*1-2H3/t;9?,10-;;;;/m.0..../s1. The summed E-state index contributed by atoms with van der Waals surface area (Å²) in [6.45, 7) is 28.6. The third-order valence-corrected chi connectivity index (χ3v) is 6.52. The number of aldehydes is 1. The molecule has 2 aliphatic rings. The predicted molar refractivity (Wildman–Crippen MR) is 199 cm³/mol. The van der Waals surface area contributed by atoms with Crippen LogP contribution in [0.3, 0.4) is 0 Å². The zero-order valence-corrected chi connectivity index (χ0v) is 34.4. The van der Waals surface area contributed by atoms with Crippen LogP contribution in [0.15, 0.2) is 0 Å². The first kappa shape index (κ1) is 55.5. The Bertz CT molecular complexity index is 1040. The molecule has 13 nitrogen and oxygen atoms in total. The Morgan fingerprint density at radius 1 is 0.923 bits per heavy atom. The number of urea groups is 1. The van der Waals surface area contributed by atoms with Crippen molar-refractivity contribution in [3.63, 3.8) is 0 Å². The minimum absolute atomic E-state index is 0.190. The van der Waals surface area contributed by atoms with Crippen molar-refractivity contribution in [2.45, 2.75) is 159 Å². The first-order chi connectivity index (χ1) is 23.7. The first-order valence-corrected chi connectivity index (χ1v) is 18.1. The Morgan fingerprint density at radius 2 is 1.38 bits per heavy atom. The number of ketones is 1. The number of nitrogens with zero attached hydrogens (tertiary/aromatic N) is 1. The van der Waals surface area contributed by atoms with Gasteiger partial charge in [-0.25, -0.2) is 9.59 Å². The molecule has 0 saturated carbocycles. The van der Waals surface area contributed by atoms with Gasteiger partial charge in [-0.05, 0) is 71.9 Å². The lowest BCUT2D eigenvalue weighted by Gasteiger charge is -2.27. The Kier molecular flexibility index (Phi) is 30.2.